The number of halogens is 2. The monoisotopic (exact) mass is 362 g/mol. The van der Waals surface area contributed by atoms with E-state index in [4.69, 9.17) is 23.2 Å². The number of nitrogens with zero attached hydrogens (tertiary/aromatic N) is 1. The third-order valence-electron chi connectivity index (χ3n) is 4.03. The second-order valence-electron chi connectivity index (χ2n) is 5.89. The first kappa shape index (κ1) is 16.8. The lowest BCUT2D eigenvalue weighted by atomic mass is 10.1. The van der Waals surface area contributed by atoms with Gasteiger partial charge in [0, 0.05) is 5.69 Å². The van der Waals surface area contributed by atoms with Crippen LogP contribution in [-0.4, -0.2) is 17.9 Å². The van der Waals surface area contributed by atoms with E-state index in [1.807, 2.05) is 32.0 Å². The lowest BCUT2D eigenvalue weighted by Crippen LogP contribution is -2.34. The molecule has 1 unspecified atom stereocenters. The van der Waals surface area contributed by atoms with Crippen molar-refractivity contribution in [3.05, 3.63) is 57.6 Å². The Morgan fingerprint density at radius 1 is 1.04 bits per heavy atom. The highest BCUT2D eigenvalue weighted by molar-refractivity contribution is 6.42. The predicted octanol–water partition coefficient (Wildman–Crippen LogP) is 4.35. The van der Waals surface area contributed by atoms with Gasteiger partial charge in [-0.05, 0) is 49.2 Å². The third-order valence-corrected chi connectivity index (χ3v) is 4.77. The Labute approximate surface area is 150 Å². The molecule has 0 radical (unpaired) electrons. The summed E-state index contributed by atoms with van der Waals surface area (Å²) in [6.45, 7) is 3.94. The highest BCUT2D eigenvalue weighted by atomic mass is 35.5. The van der Waals surface area contributed by atoms with E-state index in [1.54, 1.807) is 12.1 Å². The van der Waals surface area contributed by atoms with Crippen LogP contribution in [0, 0.1) is 13.8 Å². The van der Waals surface area contributed by atoms with Crippen LogP contribution < -0.4 is 10.2 Å². The van der Waals surface area contributed by atoms with Gasteiger partial charge in [0.25, 0.3) is 5.91 Å². The molecule has 4 nitrogen and oxygen atoms in total. The van der Waals surface area contributed by atoms with Crippen molar-refractivity contribution < 1.29 is 9.59 Å². The molecule has 2 aromatic carbocycles. The van der Waals surface area contributed by atoms with Gasteiger partial charge in [-0.2, -0.15) is 0 Å². The Balaban J connectivity index is 1.86. The summed E-state index contributed by atoms with van der Waals surface area (Å²) in [5.74, 6) is -0.555. The molecule has 1 saturated heterocycles. The van der Waals surface area contributed by atoms with Crippen molar-refractivity contribution in [1.29, 1.82) is 0 Å². The summed E-state index contributed by atoms with van der Waals surface area (Å²) in [6.07, 6.45) is 0.104. The number of aryl methyl sites for hydroxylation is 2. The SMILES string of the molecule is Cc1ccc(C)c(NC2CC(=O)N(c3ccc(Cl)c(Cl)c3)C2=O)c1. The van der Waals surface area contributed by atoms with Gasteiger partial charge < -0.3 is 5.32 Å². The Morgan fingerprint density at radius 2 is 1.79 bits per heavy atom. The van der Waals surface area contributed by atoms with E-state index < -0.39 is 6.04 Å². The Hall–Kier alpha value is -2.04. The molecule has 0 spiro atoms. The van der Waals surface area contributed by atoms with Gasteiger partial charge in [-0.25, -0.2) is 4.90 Å². The molecule has 0 saturated carbocycles. The summed E-state index contributed by atoms with van der Waals surface area (Å²) in [6, 6.07) is 10.1. The van der Waals surface area contributed by atoms with E-state index >= 15 is 0 Å². The summed E-state index contributed by atoms with van der Waals surface area (Å²) in [5, 5.41) is 3.87. The fourth-order valence-electron chi connectivity index (χ4n) is 2.72. The van der Waals surface area contributed by atoms with Gasteiger partial charge in [0.1, 0.15) is 6.04 Å². The van der Waals surface area contributed by atoms with Crippen molar-refractivity contribution in [3.63, 3.8) is 0 Å². The van der Waals surface area contributed by atoms with E-state index in [0.717, 1.165) is 21.7 Å². The van der Waals surface area contributed by atoms with Crippen LogP contribution in [0.2, 0.25) is 10.0 Å². The summed E-state index contributed by atoms with van der Waals surface area (Å²) in [5.41, 5.74) is 3.40. The summed E-state index contributed by atoms with van der Waals surface area (Å²) < 4.78 is 0. The number of anilines is 2. The second kappa shape index (κ2) is 6.46. The number of imide groups is 1. The van der Waals surface area contributed by atoms with Gasteiger partial charge >= 0.3 is 0 Å². The first-order valence-corrected chi connectivity index (χ1v) is 8.28. The predicted molar refractivity (Wildman–Crippen MR) is 96.9 cm³/mol. The van der Waals surface area contributed by atoms with Crippen LogP contribution in [0.15, 0.2) is 36.4 Å². The Kier molecular flexibility index (Phi) is 4.52. The van der Waals surface area contributed by atoms with Crippen molar-refractivity contribution in [2.24, 2.45) is 0 Å². The van der Waals surface area contributed by atoms with E-state index in [0.29, 0.717) is 15.7 Å². The van der Waals surface area contributed by atoms with Gasteiger partial charge in [0.15, 0.2) is 0 Å². The smallest absolute Gasteiger partial charge is 0.256 e. The molecule has 3 rings (SSSR count). The lowest BCUT2D eigenvalue weighted by molar-refractivity contribution is -0.121. The van der Waals surface area contributed by atoms with Crippen molar-refractivity contribution in [2.45, 2.75) is 26.3 Å². The van der Waals surface area contributed by atoms with Crippen molar-refractivity contribution in [1.82, 2.24) is 0 Å². The molecular formula is C18H16Cl2N2O2. The zero-order valence-corrected chi connectivity index (χ0v) is 14.8. The maximum absolute atomic E-state index is 12.7. The van der Waals surface area contributed by atoms with E-state index in [-0.39, 0.29) is 18.2 Å². The van der Waals surface area contributed by atoms with Gasteiger partial charge in [0.2, 0.25) is 5.91 Å². The maximum atomic E-state index is 12.7. The minimum absolute atomic E-state index is 0.104. The largest absolute Gasteiger partial charge is 0.373 e. The molecule has 0 bridgehead atoms. The van der Waals surface area contributed by atoms with Gasteiger partial charge in [-0.15, -0.1) is 0 Å². The second-order valence-corrected chi connectivity index (χ2v) is 6.70. The van der Waals surface area contributed by atoms with E-state index in [1.165, 1.54) is 6.07 Å². The molecule has 1 heterocycles. The highest BCUT2D eigenvalue weighted by Gasteiger charge is 2.39. The molecule has 1 atom stereocenters. The zero-order chi connectivity index (χ0) is 17.4. The fraction of sp³-hybridized carbons (Fsp3) is 0.222. The molecule has 124 valence electrons. The minimum Gasteiger partial charge on any atom is -0.373 e. The molecule has 2 amide bonds. The first-order chi connectivity index (χ1) is 11.4. The number of nitrogens with one attached hydrogen (secondary N) is 1. The van der Waals surface area contributed by atoms with E-state index in [2.05, 4.69) is 5.32 Å². The zero-order valence-electron chi connectivity index (χ0n) is 13.3. The average Bonchev–Trinajstić information content (AvgIpc) is 2.80. The Morgan fingerprint density at radius 3 is 2.50 bits per heavy atom. The van der Waals surface area contributed by atoms with Crippen LogP contribution in [0.4, 0.5) is 11.4 Å². The lowest BCUT2D eigenvalue weighted by Gasteiger charge is -2.17. The summed E-state index contributed by atoms with van der Waals surface area (Å²) >= 11 is 11.9. The number of carbonyl (C=O) groups is 2. The molecular weight excluding hydrogens is 347 g/mol. The topological polar surface area (TPSA) is 49.4 Å². The van der Waals surface area contributed by atoms with Crippen LogP contribution in [0.3, 0.4) is 0 Å². The fourth-order valence-corrected chi connectivity index (χ4v) is 3.01. The standard InChI is InChI=1S/C18H16Cl2N2O2/c1-10-3-4-11(2)15(7-10)21-16-9-17(23)22(18(16)24)12-5-6-13(19)14(20)8-12/h3-8,16,21H,9H2,1-2H3. The number of benzene rings is 2. The van der Waals surface area contributed by atoms with E-state index in [9.17, 15) is 9.59 Å². The average molecular weight is 363 g/mol. The minimum atomic E-state index is -0.590. The van der Waals surface area contributed by atoms with Crippen LogP contribution in [0.1, 0.15) is 17.5 Å². The molecule has 1 fully saturated rings. The van der Waals surface area contributed by atoms with Gasteiger partial charge in [-0.3, -0.25) is 9.59 Å². The van der Waals surface area contributed by atoms with Gasteiger partial charge in [0.05, 0.1) is 22.2 Å². The molecule has 0 aromatic heterocycles. The first-order valence-electron chi connectivity index (χ1n) is 7.52. The molecule has 2 aromatic rings. The van der Waals surface area contributed by atoms with Gasteiger partial charge in [-0.1, -0.05) is 35.3 Å². The summed E-state index contributed by atoms with van der Waals surface area (Å²) in [7, 11) is 0. The van der Waals surface area contributed by atoms with Crippen molar-refractivity contribution in [2.75, 3.05) is 10.2 Å². The van der Waals surface area contributed by atoms with Crippen LogP contribution >= 0.6 is 23.2 Å². The normalized spacial score (nSPS) is 17.5. The number of hydrogen-bond acceptors (Lipinski definition) is 3. The molecule has 1 N–H and O–H groups in total. The molecule has 1 aliphatic heterocycles. The molecule has 1 aliphatic rings. The quantitative estimate of drug-likeness (QED) is 0.825. The number of amides is 2. The summed E-state index contributed by atoms with van der Waals surface area (Å²) in [4.78, 5) is 26.2. The molecule has 6 heteroatoms. The van der Waals surface area contributed by atoms with Crippen LogP contribution in [0.5, 0.6) is 0 Å². The molecule has 0 aliphatic carbocycles. The Bertz CT molecular complexity index is 836. The number of hydrogen-bond donors (Lipinski definition) is 1. The van der Waals surface area contributed by atoms with Crippen molar-refractivity contribution in [3.8, 4) is 0 Å². The third kappa shape index (κ3) is 3.12. The number of carbonyl (C=O) groups excluding carboxylic acids is 2. The van der Waals surface area contributed by atoms with Crippen LogP contribution in [0.25, 0.3) is 0 Å². The number of rotatable bonds is 3. The van der Waals surface area contributed by atoms with Crippen LogP contribution in [-0.2, 0) is 9.59 Å². The highest BCUT2D eigenvalue weighted by Crippen LogP contribution is 2.31. The maximum Gasteiger partial charge on any atom is 0.256 e. The van der Waals surface area contributed by atoms with Crippen molar-refractivity contribution >= 4 is 46.4 Å². The molecule has 24 heavy (non-hydrogen) atoms.